The van der Waals surface area contributed by atoms with E-state index in [0.717, 1.165) is 0 Å². The number of oxime groups is 1. The van der Waals surface area contributed by atoms with Gasteiger partial charge < -0.3 is 25.2 Å². The molecule has 3 N–H and O–H groups in total. The molecule has 20 heavy (non-hydrogen) atoms. The number of benzene rings is 1. The molecule has 1 aromatic rings. The molecule has 0 atom stereocenters. The van der Waals surface area contributed by atoms with E-state index in [1.807, 2.05) is 0 Å². The number of ether oxygens (including phenoxy) is 2. The molecule has 0 bridgehead atoms. The van der Waals surface area contributed by atoms with Gasteiger partial charge in [0.05, 0.1) is 0 Å². The lowest BCUT2D eigenvalue weighted by atomic mass is 10.2. The van der Waals surface area contributed by atoms with Crippen LogP contribution in [0.4, 0.5) is 0 Å². The van der Waals surface area contributed by atoms with Crippen LogP contribution in [0.1, 0.15) is 12.0 Å². The van der Waals surface area contributed by atoms with Crippen LogP contribution in [-0.4, -0.2) is 36.8 Å². The van der Waals surface area contributed by atoms with Crippen molar-refractivity contribution in [3.63, 3.8) is 0 Å². The number of carbonyl (C=O) groups excluding carboxylic acids is 1. The van der Waals surface area contributed by atoms with Crippen molar-refractivity contribution in [3.05, 3.63) is 29.8 Å². The van der Waals surface area contributed by atoms with Crippen LogP contribution in [0.3, 0.4) is 0 Å². The van der Waals surface area contributed by atoms with E-state index in [0.29, 0.717) is 11.3 Å². The van der Waals surface area contributed by atoms with Crippen LogP contribution in [0.5, 0.6) is 5.75 Å². The number of carbonyl (C=O) groups is 2. The molecule has 0 aliphatic rings. The highest BCUT2D eigenvalue weighted by atomic mass is 16.7. The Morgan fingerprint density at radius 2 is 1.95 bits per heavy atom. The van der Waals surface area contributed by atoms with E-state index >= 15 is 0 Å². The van der Waals surface area contributed by atoms with Gasteiger partial charge in [0, 0.05) is 12.7 Å². The maximum Gasteiger partial charge on any atom is 0.346 e. The van der Waals surface area contributed by atoms with Crippen molar-refractivity contribution in [2.75, 3.05) is 13.9 Å². The molecule has 0 heterocycles. The third kappa shape index (κ3) is 5.36. The summed E-state index contributed by atoms with van der Waals surface area (Å²) in [6.45, 7) is 0.121. The number of amidine groups is 1. The van der Waals surface area contributed by atoms with Crippen molar-refractivity contribution < 1.29 is 29.0 Å². The van der Waals surface area contributed by atoms with Gasteiger partial charge in [0.1, 0.15) is 12.2 Å². The van der Waals surface area contributed by atoms with Crippen LogP contribution in [0.25, 0.3) is 0 Å². The van der Waals surface area contributed by atoms with Gasteiger partial charge in [-0.2, -0.15) is 0 Å². The third-order valence-corrected chi connectivity index (χ3v) is 2.03. The molecule has 0 amide bonds. The lowest BCUT2D eigenvalue weighted by Gasteiger charge is -2.05. The minimum atomic E-state index is -1.30. The molecule has 0 saturated carbocycles. The largest absolute Gasteiger partial charge is 0.481 e. The Bertz CT molecular complexity index is 497. The van der Waals surface area contributed by atoms with E-state index in [1.165, 1.54) is 7.11 Å². The number of hydrogen-bond donors (Lipinski definition) is 2. The molecule has 1 rings (SSSR count). The Kier molecular flexibility index (Phi) is 5.98. The summed E-state index contributed by atoms with van der Waals surface area (Å²) in [6.07, 6.45) is -0.777. The molecule has 0 spiro atoms. The van der Waals surface area contributed by atoms with Gasteiger partial charge in [0.15, 0.2) is 12.6 Å². The van der Waals surface area contributed by atoms with Crippen molar-refractivity contribution in [1.82, 2.24) is 0 Å². The van der Waals surface area contributed by atoms with Crippen molar-refractivity contribution in [2.45, 2.75) is 6.42 Å². The van der Waals surface area contributed by atoms with E-state index in [-0.39, 0.29) is 12.6 Å². The average molecular weight is 282 g/mol. The fourth-order valence-electron chi connectivity index (χ4n) is 1.16. The molecular formula is C12H14N2O6. The first kappa shape index (κ1) is 15.4. The van der Waals surface area contributed by atoms with Crippen LogP contribution >= 0.6 is 0 Å². The molecule has 0 aliphatic carbocycles. The number of methoxy groups -OCH3 is 1. The first-order chi connectivity index (χ1) is 9.52. The Labute approximate surface area is 114 Å². The summed E-state index contributed by atoms with van der Waals surface area (Å²) >= 11 is 0. The molecule has 8 heteroatoms. The van der Waals surface area contributed by atoms with E-state index in [4.69, 9.17) is 20.3 Å². The Morgan fingerprint density at radius 1 is 1.30 bits per heavy atom. The van der Waals surface area contributed by atoms with E-state index in [1.54, 1.807) is 24.3 Å². The van der Waals surface area contributed by atoms with Crippen LogP contribution < -0.4 is 10.5 Å². The van der Waals surface area contributed by atoms with Crippen LogP contribution in [-0.2, 0) is 19.2 Å². The maximum atomic E-state index is 11.0. The first-order valence-electron chi connectivity index (χ1n) is 5.50. The topological polar surface area (TPSA) is 120 Å². The second-order valence-corrected chi connectivity index (χ2v) is 3.59. The van der Waals surface area contributed by atoms with Crippen molar-refractivity contribution >= 4 is 17.8 Å². The third-order valence-electron chi connectivity index (χ3n) is 2.03. The SMILES string of the molecule is COCOc1ccc(/C(N)=N/OC(=O)CC(=O)O)cc1. The fraction of sp³-hybridized carbons (Fsp3) is 0.250. The minimum absolute atomic E-state index is 0.0537. The summed E-state index contributed by atoms with van der Waals surface area (Å²) in [5, 5.41) is 11.7. The standard InChI is InChI=1S/C12H14N2O6/c1-18-7-19-9-4-2-8(3-5-9)12(13)14-20-11(17)6-10(15)16/h2-5H,6-7H2,1H3,(H2,13,14)(H,15,16). The molecule has 8 nitrogen and oxygen atoms in total. The van der Waals surface area contributed by atoms with Gasteiger partial charge in [0.25, 0.3) is 0 Å². The fourth-order valence-corrected chi connectivity index (χ4v) is 1.16. The molecular weight excluding hydrogens is 268 g/mol. The number of carboxylic acid groups (broad SMARTS) is 1. The van der Waals surface area contributed by atoms with E-state index < -0.39 is 18.4 Å². The predicted octanol–water partition coefficient (Wildman–Crippen LogP) is 0.307. The average Bonchev–Trinajstić information content (AvgIpc) is 2.42. The molecule has 0 unspecified atom stereocenters. The van der Waals surface area contributed by atoms with Crippen molar-refractivity contribution in [2.24, 2.45) is 10.9 Å². The Balaban J connectivity index is 2.60. The number of hydrogen-bond acceptors (Lipinski definition) is 6. The van der Waals surface area contributed by atoms with E-state index in [2.05, 4.69) is 9.99 Å². The second-order valence-electron chi connectivity index (χ2n) is 3.59. The zero-order valence-electron chi connectivity index (χ0n) is 10.7. The number of nitrogens with zero attached hydrogens (tertiary/aromatic N) is 1. The zero-order chi connectivity index (χ0) is 15.0. The van der Waals surface area contributed by atoms with Gasteiger partial charge in [-0.05, 0) is 24.3 Å². The summed E-state index contributed by atoms with van der Waals surface area (Å²) < 4.78 is 9.92. The van der Waals surface area contributed by atoms with Gasteiger partial charge in [-0.25, -0.2) is 4.79 Å². The molecule has 0 radical (unpaired) electrons. The number of carboxylic acids is 1. The van der Waals surface area contributed by atoms with Gasteiger partial charge in [-0.15, -0.1) is 0 Å². The van der Waals surface area contributed by atoms with Crippen LogP contribution in [0, 0.1) is 0 Å². The smallest absolute Gasteiger partial charge is 0.346 e. The number of nitrogens with two attached hydrogens (primary N) is 1. The zero-order valence-corrected chi connectivity index (χ0v) is 10.7. The van der Waals surface area contributed by atoms with Gasteiger partial charge >= 0.3 is 11.9 Å². The predicted molar refractivity (Wildman–Crippen MR) is 68.0 cm³/mol. The number of aliphatic carboxylic acids is 1. The molecule has 0 fully saturated rings. The Morgan fingerprint density at radius 3 is 2.50 bits per heavy atom. The highest BCUT2D eigenvalue weighted by Crippen LogP contribution is 2.12. The summed E-state index contributed by atoms with van der Waals surface area (Å²) in [6, 6.07) is 6.48. The normalized spacial score (nSPS) is 10.9. The highest BCUT2D eigenvalue weighted by molar-refractivity contribution is 5.98. The first-order valence-corrected chi connectivity index (χ1v) is 5.50. The summed E-state index contributed by atoms with van der Waals surface area (Å²) in [4.78, 5) is 25.6. The molecule has 0 aromatic heterocycles. The van der Waals surface area contributed by atoms with Crippen molar-refractivity contribution in [3.8, 4) is 5.75 Å². The monoisotopic (exact) mass is 282 g/mol. The lowest BCUT2D eigenvalue weighted by molar-refractivity contribution is -0.151. The summed E-state index contributed by atoms with van der Waals surface area (Å²) in [5.41, 5.74) is 6.08. The lowest BCUT2D eigenvalue weighted by Crippen LogP contribution is -2.16. The number of rotatable bonds is 7. The summed E-state index contributed by atoms with van der Waals surface area (Å²) in [5.74, 6) is -1.78. The maximum absolute atomic E-state index is 11.0. The molecule has 0 saturated heterocycles. The van der Waals surface area contributed by atoms with E-state index in [9.17, 15) is 9.59 Å². The van der Waals surface area contributed by atoms with Crippen LogP contribution in [0.2, 0.25) is 0 Å². The Hall–Kier alpha value is -2.61. The van der Waals surface area contributed by atoms with Gasteiger partial charge in [-0.3, -0.25) is 4.79 Å². The highest BCUT2D eigenvalue weighted by Gasteiger charge is 2.09. The second kappa shape index (κ2) is 7.74. The molecule has 0 aliphatic heterocycles. The van der Waals surface area contributed by atoms with Crippen molar-refractivity contribution in [1.29, 1.82) is 0 Å². The van der Waals surface area contributed by atoms with Gasteiger partial charge in [-0.1, -0.05) is 5.16 Å². The van der Waals surface area contributed by atoms with Crippen LogP contribution in [0.15, 0.2) is 29.4 Å². The van der Waals surface area contributed by atoms with Gasteiger partial charge in [0.2, 0.25) is 0 Å². The minimum Gasteiger partial charge on any atom is -0.481 e. The molecule has 108 valence electrons. The summed E-state index contributed by atoms with van der Waals surface area (Å²) in [7, 11) is 1.50. The quantitative estimate of drug-likeness (QED) is 0.184. The molecule has 1 aromatic carbocycles.